The highest BCUT2D eigenvalue weighted by Gasteiger charge is 2.18. The summed E-state index contributed by atoms with van der Waals surface area (Å²) < 4.78 is 47.8. The fourth-order valence-corrected chi connectivity index (χ4v) is 3.53. The number of nitrogens with one attached hydrogen (secondary N) is 1. The van der Waals surface area contributed by atoms with E-state index in [-0.39, 0.29) is 29.0 Å². The summed E-state index contributed by atoms with van der Waals surface area (Å²) in [5, 5.41) is 9.78. The summed E-state index contributed by atoms with van der Waals surface area (Å²) >= 11 is 0. The van der Waals surface area contributed by atoms with Crippen molar-refractivity contribution < 1.29 is 26.8 Å². The Morgan fingerprint density at radius 3 is 2.43 bits per heavy atom. The molecular formula is C18H16FN3O5S. The summed E-state index contributed by atoms with van der Waals surface area (Å²) in [6, 6.07) is 11.1. The van der Waals surface area contributed by atoms with E-state index in [1.165, 1.54) is 55.6 Å². The van der Waals surface area contributed by atoms with Gasteiger partial charge in [-0.05, 0) is 48.5 Å². The molecule has 0 aliphatic rings. The third-order valence-corrected chi connectivity index (χ3v) is 5.51. The van der Waals surface area contributed by atoms with E-state index in [4.69, 9.17) is 9.15 Å². The molecular weight excluding hydrogens is 389 g/mol. The molecule has 1 heterocycles. The Kier molecular flexibility index (Phi) is 5.69. The minimum Gasteiger partial charge on any atom is -0.497 e. The van der Waals surface area contributed by atoms with Crippen molar-refractivity contribution in [3.63, 3.8) is 0 Å². The Bertz CT molecular complexity index is 1060. The lowest BCUT2D eigenvalue weighted by molar-refractivity contribution is -0.115. The number of sulfone groups is 1. The van der Waals surface area contributed by atoms with Crippen molar-refractivity contribution in [2.75, 3.05) is 18.2 Å². The fraction of sp³-hybridized carbons (Fsp3) is 0.167. The summed E-state index contributed by atoms with van der Waals surface area (Å²) in [6.45, 7) is 0. The van der Waals surface area contributed by atoms with E-state index in [0.717, 1.165) is 0 Å². The first-order chi connectivity index (χ1) is 13.4. The molecule has 0 radical (unpaired) electrons. The van der Waals surface area contributed by atoms with Crippen molar-refractivity contribution in [2.24, 2.45) is 0 Å². The molecule has 0 spiro atoms. The number of amides is 1. The van der Waals surface area contributed by atoms with Crippen molar-refractivity contribution in [2.45, 2.75) is 11.3 Å². The summed E-state index contributed by atoms with van der Waals surface area (Å²) in [5.74, 6) is -0.753. The first-order valence-corrected chi connectivity index (χ1v) is 9.79. The first kappa shape index (κ1) is 19.5. The Morgan fingerprint density at radius 2 is 1.79 bits per heavy atom. The number of benzene rings is 2. The number of anilines is 1. The van der Waals surface area contributed by atoms with Gasteiger partial charge in [-0.1, -0.05) is 5.10 Å². The normalized spacial score (nSPS) is 11.2. The maximum atomic E-state index is 12.9. The Morgan fingerprint density at radius 1 is 1.11 bits per heavy atom. The lowest BCUT2D eigenvalue weighted by atomic mass is 10.2. The van der Waals surface area contributed by atoms with Crippen LogP contribution in [0.15, 0.2) is 57.8 Å². The summed E-state index contributed by atoms with van der Waals surface area (Å²) in [5.41, 5.74) is 0.483. The number of aromatic nitrogens is 2. The highest BCUT2D eigenvalue weighted by atomic mass is 32.2. The van der Waals surface area contributed by atoms with Gasteiger partial charge in [-0.25, -0.2) is 12.8 Å². The van der Waals surface area contributed by atoms with E-state index in [9.17, 15) is 17.6 Å². The molecule has 146 valence electrons. The van der Waals surface area contributed by atoms with Gasteiger partial charge in [0, 0.05) is 12.0 Å². The molecule has 3 rings (SSSR count). The summed E-state index contributed by atoms with van der Waals surface area (Å²) in [7, 11) is -2.15. The van der Waals surface area contributed by atoms with E-state index in [0.29, 0.717) is 11.3 Å². The second-order valence-electron chi connectivity index (χ2n) is 5.71. The van der Waals surface area contributed by atoms with Gasteiger partial charge in [0.25, 0.3) is 0 Å². The van der Waals surface area contributed by atoms with Crippen LogP contribution in [-0.2, 0) is 14.6 Å². The number of methoxy groups -OCH3 is 1. The maximum absolute atomic E-state index is 12.9. The average Bonchev–Trinajstić information content (AvgIpc) is 3.15. The van der Waals surface area contributed by atoms with E-state index in [2.05, 4.69) is 15.5 Å². The van der Waals surface area contributed by atoms with Gasteiger partial charge in [0.05, 0.1) is 17.8 Å². The molecule has 0 bridgehead atoms. The highest BCUT2D eigenvalue weighted by Crippen LogP contribution is 2.20. The average molecular weight is 405 g/mol. The van der Waals surface area contributed by atoms with Crippen molar-refractivity contribution in [3.05, 3.63) is 54.3 Å². The van der Waals surface area contributed by atoms with Crippen molar-refractivity contribution in [1.29, 1.82) is 0 Å². The standard InChI is InChI=1S/C18H16FN3O5S/c1-26-14-6-8-15(9-7-14)28(24,25)11-10-16(23)20-18-22-21-17(27-18)12-2-4-13(19)5-3-12/h2-9H,10-11H2,1H3,(H,20,22,23). The van der Waals surface area contributed by atoms with Crippen LogP contribution < -0.4 is 10.1 Å². The molecule has 0 unspecified atom stereocenters. The molecule has 0 aliphatic carbocycles. The molecule has 0 saturated carbocycles. The number of carbonyl (C=O) groups excluding carboxylic acids is 1. The molecule has 0 aliphatic heterocycles. The minimum atomic E-state index is -3.63. The number of ether oxygens (including phenoxy) is 1. The monoisotopic (exact) mass is 405 g/mol. The summed E-state index contributed by atoms with van der Waals surface area (Å²) in [6.07, 6.45) is -0.289. The number of halogens is 1. The van der Waals surface area contributed by atoms with E-state index < -0.39 is 21.6 Å². The van der Waals surface area contributed by atoms with Gasteiger partial charge >= 0.3 is 6.01 Å². The molecule has 3 aromatic rings. The number of hydrogen-bond acceptors (Lipinski definition) is 7. The molecule has 28 heavy (non-hydrogen) atoms. The number of nitrogens with zero attached hydrogens (tertiary/aromatic N) is 2. The zero-order valence-corrected chi connectivity index (χ0v) is 15.6. The Labute approximate surface area is 160 Å². The maximum Gasteiger partial charge on any atom is 0.322 e. The van der Waals surface area contributed by atoms with Crippen LogP contribution >= 0.6 is 0 Å². The van der Waals surface area contributed by atoms with Gasteiger partial charge in [-0.2, -0.15) is 0 Å². The predicted octanol–water partition coefficient (Wildman–Crippen LogP) is 2.69. The second-order valence-corrected chi connectivity index (χ2v) is 7.82. The molecule has 0 saturated heterocycles. The Hall–Kier alpha value is -3.27. The molecule has 8 nitrogen and oxygen atoms in total. The lowest BCUT2D eigenvalue weighted by Crippen LogP contribution is -2.17. The molecule has 1 N–H and O–H groups in total. The van der Waals surface area contributed by atoms with E-state index >= 15 is 0 Å². The second kappa shape index (κ2) is 8.17. The third-order valence-electron chi connectivity index (χ3n) is 3.78. The smallest absolute Gasteiger partial charge is 0.322 e. The van der Waals surface area contributed by atoms with Crippen LogP contribution in [0.2, 0.25) is 0 Å². The van der Waals surface area contributed by atoms with Crippen LogP contribution in [0.1, 0.15) is 6.42 Å². The van der Waals surface area contributed by atoms with Crippen LogP contribution in [0.4, 0.5) is 10.4 Å². The number of rotatable bonds is 7. The van der Waals surface area contributed by atoms with Crippen molar-refractivity contribution in [3.8, 4) is 17.2 Å². The van der Waals surface area contributed by atoms with Crippen molar-refractivity contribution in [1.82, 2.24) is 10.2 Å². The van der Waals surface area contributed by atoms with Crippen LogP contribution in [-0.4, -0.2) is 37.4 Å². The molecule has 0 fully saturated rings. The van der Waals surface area contributed by atoms with Crippen LogP contribution in [0.25, 0.3) is 11.5 Å². The first-order valence-electron chi connectivity index (χ1n) is 8.13. The topological polar surface area (TPSA) is 111 Å². The predicted molar refractivity (Wildman–Crippen MR) is 98.0 cm³/mol. The van der Waals surface area contributed by atoms with Gasteiger partial charge in [-0.15, -0.1) is 5.10 Å². The molecule has 1 aromatic heterocycles. The molecule has 10 heteroatoms. The largest absolute Gasteiger partial charge is 0.497 e. The third kappa shape index (κ3) is 4.71. The van der Waals surface area contributed by atoms with Crippen molar-refractivity contribution >= 4 is 21.8 Å². The summed E-state index contributed by atoms with van der Waals surface area (Å²) in [4.78, 5) is 12.1. The molecule has 0 atom stereocenters. The zero-order chi connectivity index (χ0) is 20.1. The van der Waals surface area contributed by atoms with E-state index in [1.54, 1.807) is 0 Å². The van der Waals surface area contributed by atoms with Gasteiger partial charge < -0.3 is 9.15 Å². The molecule has 1 amide bonds. The highest BCUT2D eigenvalue weighted by molar-refractivity contribution is 7.91. The van der Waals surface area contributed by atoms with Gasteiger partial charge in [0.1, 0.15) is 11.6 Å². The lowest BCUT2D eigenvalue weighted by Gasteiger charge is -2.05. The van der Waals surface area contributed by atoms with Crippen LogP contribution in [0.5, 0.6) is 5.75 Å². The minimum absolute atomic E-state index is 0.0949. The Balaban J connectivity index is 1.59. The van der Waals surface area contributed by atoms with Gasteiger partial charge in [0.2, 0.25) is 11.8 Å². The SMILES string of the molecule is COc1ccc(S(=O)(=O)CCC(=O)Nc2nnc(-c3ccc(F)cc3)o2)cc1. The molecule has 2 aromatic carbocycles. The van der Waals surface area contributed by atoms with Gasteiger partial charge in [-0.3, -0.25) is 10.1 Å². The number of hydrogen-bond donors (Lipinski definition) is 1. The van der Waals surface area contributed by atoms with Crippen LogP contribution in [0, 0.1) is 5.82 Å². The van der Waals surface area contributed by atoms with E-state index in [1.807, 2.05) is 0 Å². The van der Waals surface area contributed by atoms with Crippen LogP contribution in [0.3, 0.4) is 0 Å². The quantitative estimate of drug-likeness (QED) is 0.643. The fourth-order valence-electron chi connectivity index (χ4n) is 2.29. The zero-order valence-electron chi connectivity index (χ0n) is 14.8. The number of carbonyl (C=O) groups is 1. The van der Waals surface area contributed by atoms with Gasteiger partial charge in [0.15, 0.2) is 9.84 Å².